The standard InChI is InChI=1S/C28H26FNO3S/c1-18-12-13-30(17-18)14-15-33-23-9-4-19(5-10-23)26-24-11-8-22(31)16-25(24)34-28(26)27(32)20-2-6-21(29)7-3-20/h2-11,16,18,31H,12-15,17H2,1H3/t18-/m0/s1. The summed E-state index contributed by atoms with van der Waals surface area (Å²) < 4.78 is 20.2. The van der Waals surface area contributed by atoms with Crippen molar-refractivity contribution in [1.29, 1.82) is 0 Å². The fraction of sp³-hybridized carbons (Fsp3) is 0.250. The molecule has 0 saturated carbocycles. The van der Waals surface area contributed by atoms with Crippen molar-refractivity contribution in [2.75, 3.05) is 26.2 Å². The van der Waals surface area contributed by atoms with E-state index in [1.165, 1.54) is 42.0 Å². The van der Waals surface area contributed by atoms with Crippen molar-refractivity contribution >= 4 is 27.2 Å². The van der Waals surface area contributed by atoms with Gasteiger partial charge in [0.15, 0.2) is 0 Å². The number of thiophene rings is 1. The van der Waals surface area contributed by atoms with E-state index in [9.17, 15) is 14.3 Å². The smallest absolute Gasteiger partial charge is 0.203 e. The number of likely N-dealkylation sites (tertiary alicyclic amines) is 1. The van der Waals surface area contributed by atoms with Crippen molar-refractivity contribution in [3.8, 4) is 22.6 Å². The van der Waals surface area contributed by atoms with Gasteiger partial charge in [0, 0.05) is 34.3 Å². The number of carbonyl (C=O) groups is 1. The molecule has 6 heteroatoms. The second-order valence-electron chi connectivity index (χ2n) is 8.89. The third kappa shape index (κ3) is 4.69. The SMILES string of the molecule is C[C@H]1CCN(CCOc2ccc(-c3c(C(=O)c4ccc(F)cc4)sc4cc(O)ccc34)cc2)C1. The van der Waals surface area contributed by atoms with Crippen molar-refractivity contribution < 1.29 is 19.0 Å². The summed E-state index contributed by atoms with van der Waals surface area (Å²) in [5.41, 5.74) is 2.13. The molecule has 0 spiro atoms. The molecule has 174 valence electrons. The minimum Gasteiger partial charge on any atom is -0.508 e. The summed E-state index contributed by atoms with van der Waals surface area (Å²) in [7, 11) is 0. The lowest BCUT2D eigenvalue weighted by atomic mass is 9.98. The van der Waals surface area contributed by atoms with Gasteiger partial charge in [0.25, 0.3) is 0 Å². The lowest BCUT2D eigenvalue weighted by Crippen LogP contribution is -2.25. The number of carbonyl (C=O) groups excluding carboxylic acids is 1. The highest BCUT2D eigenvalue weighted by atomic mass is 32.1. The molecule has 0 aliphatic carbocycles. The fourth-order valence-corrected chi connectivity index (χ4v) is 5.72. The predicted molar refractivity (Wildman–Crippen MR) is 134 cm³/mol. The number of aromatic hydroxyl groups is 1. The third-order valence-electron chi connectivity index (χ3n) is 6.31. The molecule has 4 nitrogen and oxygen atoms in total. The first-order valence-corrected chi connectivity index (χ1v) is 12.3. The number of hydrogen-bond donors (Lipinski definition) is 1. The highest BCUT2D eigenvalue weighted by molar-refractivity contribution is 7.21. The number of phenolic OH excluding ortho intramolecular Hbond substituents is 1. The Bertz CT molecular complexity index is 1310. The average Bonchev–Trinajstić information content (AvgIpc) is 3.42. The Morgan fingerprint density at radius 3 is 2.59 bits per heavy atom. The highest BCUT2D eigenvalue weighted by Crippen LogP contribution is 2.41. The Labute approximate surface area is 202 Å². The molecule has 2 heterocycles. The van der Waals surface area contributed by atoms with Gasteiger partial charge in [-0.05, 0) is 79.0 Å². The van der Waals surface area contributed by atoms with E-state index in [2.05, 4.69) is 11.8 Å². The molecule has 34 heavy (non-hydrogen) atoms. The van der Waals surface area contributed by atoms with Crippen molar-refractivity contribution in [3.05, 3.63) is 83.0 Å². The minimum absolute atomic E-state index is 0.150. The van der Waals surface area contributed by atoms with Crippen LogP contribution in [0.15, 0.2) is 66.7 Å². The van der Waals surface area contributed by atoms with E-state index in [0.717, 1.165) is 52.5 Å². The van der Waals surface area contributed by atoms with Crippen LogP contribution in [0.3, 0.4) is 0 Å². The maximum Gasteiger partial charge on any atom is 0.203 e. The highest BCUT2D eigenvalue weighted by Gasteiger charge is 2.22. The molecule has 1 atom stereocenters. The molecule has 1 aliphatic rings. The first-order chi connectivity index (χ1) is 16.5. The van der Waals surface area contributed by atoms with Crippen LogP contribution in [-0.4, -0.2) is 42.0 Å². The van der Waals surface area contributed by atoms with E-state index in [4.69, 9.17) is 4.74 Å². The molecule has 3 aromatic carbocycles. The summed E-state index contributed by atoms with van der Waals surface area (Å²) in [5, 5.41) is 10.9. The molecule has 1 fully saturated rings. The normalized spacial score (nSPS) is 16.2. The van der Waals surface area contributed by atoms with Gasteiger partial charge in [0.1, 0.15) is 23.9 Å². The van der Waals surface area contributed by atoms with Gasteiger partial charge in [-0.1, -0.05) is 19.1 Å². The number of halogens is 1. The molecule has 1 saturated heterocycles. The second-order valence-corrected chi connectivity index (χ2v) is 9.94. The van der Waals surface area contributed by atoms with Crippen molar-refractivity contribution in [2.45, 2.75) is 13.3 Å². The number of benzene rings is 3. The molecular formula is C28H26FNO3S. The van der Waals surface area contributed by atoms with E-state index in [1.807, 2.05) is 30.3 Å². The zero-order valence-electron chi connectivity index (χ0n) is 19.0. The van der Waals surface area contributed by atoms with Crippen LogP contribution in [0.5, 0.6) is 11.5 Å². The number of ether oxygens (including phenoxy) is 1. The van der Waals surface area contributed by atoms with Gasteiger partial charge < -0.3 is 9.84 Å². The number of phenols is 1. The van der Waals surface area contributed by atoms with Crippen LogP contribution in [0.25, 0.3) is 21.2 Å². The van der Waals surface area contributed by atoms with E-state index < -0.39 is 0 Å². The molecule has 0 radical (unpaired) electrons. The van der Waals surface area contributed by atoms with Crippen molar-refractivity contribution in [1.82, 2.24) is 4.90 Å². The number of ketones is 1. The van der Waals surface area contributed by atoms with Crippen LogP contribution >= 0.6 is 11.3 Å². The Kier molecular flexibility index (Phi) is 6.35. The molecule has 5 rings (SSSR count). The van der Waals surface area contributed by atoms with Crippen LogP contribution in [0, 0.1) is 11.7 Å². The summed E-state index contributed by atoms with van der Waals surface area (Å²) >= 11 is 1.33. The van der Waals surface area contributed by atoms with Crippen molar-refractivity contribution in [3.63, 3.8) is 0 Å². The molecule has 0 bridgehead atoms. The van der Waals surface area contributed by atoms with Crippen LogP contribution < -0.4 is 4.74 Å². The Morgan fingerprint density at radius 2 is 1.88 bits per heavy atom. The fourth-order valence-electron chi connectivity index (χ4n) is 4.50. The molecule has 1 aromatic heterocycles. The molecule has 1 aliphatic heterocycles. The van der Waals surface area contributed by atoms with Crippen LogP contribution in [-0.2, 0) is 0 Å². The van der Waals surface area contributed by atoms with Gasteiger partial charge in [-0.15, -0.1) is 11.3 Å². The Hall–Kier alpha value is -3.22. The summed E-state index contributed by atoms with van der Waals surface area (Å²) in [6.07, 6.45) is 1.25. The number of nitrogens with zero attached hydrogens (tertiary/aromatic N) is 1. The van der Waals surface area contributed by atoms with Gasteiger partial charge in [-0.3, -0.25) is 9.69 Å². The number of fused-ring (bicyclic) bond motifs is 1. The second kappa shape index (κ2) is 9.57. The molecule has 1 N–H and O–H groups in total. The Morgan fingerprint density at radius 1 is 1.12 bits per heavy atom. The third-order valence-corrected chi connectivity index (χ3v) is 7.46. The van der Waals surface area contributed by atoms with Gasteiger partial charge >= 0.3 is 0 Å². The largest absolute Gasteiger partial charge is 0.508 e. The lowest BCUT2D eigenvalue weighted by Gasteiger charge is -2.15. The first kappa shape index (κ1) is 22.6. The summed E-state index contributed by atoms with van der Waals surface area (Å²) in [6.45, 7) is 6.11. The van der Waals surface area contributed by atoms with Crippen LogP contribution in [0.4, 0.5) is 4.39 Å². The topological polar surface area (TPSA) is 49.8 Å². The predicted octanol–water partition coefficient (Wildman–Crippen LogP) is 6.36. The molecule has 0 unspecified atom stereocenters. The zero-order valence-corrected chi connectivity index (χ0v) is 19.8. The monoisotopic (exact) mass is 475 g/mol. The quantitative estimate of drug-likeness (QED) is 0.316. The summed E-state index contributed by atoms with van der Waals surface area (Å²) in [5.74, 6) is 1.15. The molecular weight excluding hydrogens is 449 g/mol. The average molecular weight is 476 g/mol. The zero-order chi connectivity index (χ0) is 23.7. The Balaban J connectivity index is 1.42. The summed E-state index contributed by atoms with van der Waals surface area (Å²) in [6, 6.07) is 18.5. The van der Waals surface area contributed by atoms with Crippen LogP contribution in [0.2, 0.25) is 0 Å². The van der Waals surface area contributed by atoms with Crippen LogP contribution in [0.1, 0.15) is 28.6 Å². The molecule has 4 aromatic rings. The van der Waals surface area contributed by atoms with Gasteiger partial charge in [-0.2, -0.15) is 0 Å². The number of hydrogen-bond acceptors (Lipinski definition) is 5. The first-order valence-electron chi connectivity index (χ1n) is 11.5. The minimum atomic E-state index is -0.382. The van der Waals surface area contributed by atoms with Gasteiger partial charge in [0.05, 0.1) is 4.88 Å². The van der Waals surface area contributed by atoms with Gasteiger partial charge in [-0.25, -0.2) is 4.39 Å². The van der Waals surface area contributed by atoms with E-state index in [0.29, 0.717) is 17.0 Å². The number of rotatable bonds is 7. The van der Waals surface area contributed by atoms with Gasteiger partial charge in [0.2, 0.25) is 5.78 Å². The summed E-state index contributed by atoms with van der Waals surface area (Å²) in [4.78, 5) is 16.3. The van der Waals surface area contributed by atoms with E-state index in [-0.39, 0.29) is 17.3 Å². The molecule has 0 amide bonds. The van der Waals surface area contributed by atoms with E-state index in [1.54, 1.807) is 12.1 Å². The van der Waals surface area contributed by atoms with E-state index >= 15 is 0 Å². The maximum atomic E-state index is 13.4. The lowest BCUT2D eigenvalue weighted by molar-refractivity contribution is 0.104. The van der Waals surface area contributed by atoms with Crippen molar-refractivity contribution in [2.24, 2.45) is 5.92 Å². The maximum absolute atomic E-state index is 13.4.